The summed E-state index contributed by atoms with van der Waals surface area (Å²) in [5.41, 5.74) is 0. The Morgan fingerprint density at radius 3 is 2.94 bits per heavy atom. The number of thioether (sulfide) groups is 1. The van der Waals surface area contributed by atoms with E-state index in [9.17, 15) is 4.79 Å². The third kappa shape index (κ3) is 3.00. The third-order valence-electron chi connectivity index (χ3n) is 2.54. The van der Waals surface area contributed by atoms with Gasteiger partial charge in [0.25, 0.3) is 0 Å². The van der Waals surface area contributed by atoms with Crippen molar-refractivity contribution in [2.24, 2.45) is 0 Å². The van der Waals surface area contributed by atoms with Crippen molar-refractivity contribution < 1.29 is 4.79 Å². The molecule has 0 aromatic carbocycles. The molecule has 18 heavy (non-hydrogen) atoms. The Bertz CT molecular complexity index is 478. The number of nitrogens with zero attached hydrogens (tertiary/aromatic N) is 4. The van der Waals surface area contributed by atoms with Crippen molar-refractivity contribution in [2.45, 2.75) is 48.7 Å². The van der Waals surface area contributed by atoms with Crippen LogP contribution in [0.1, 0.15) is 33.1 Å². The van der Waals surface area contributed by atoms with Gasteiger partial charge in [-0.3, -0.25) is 9.69 Å². The van der Waals surface area contributed by atoms with Gasteiger partial charge in [-0.2, -0.15) is 5.26 Å². The molecular formula is C11H14N4OS2. The Kier molecular flexibility index (Phi) is 4.19. The SMILES string of the molecule is CCC(=O)N(c1nnc(SC(C)C#N)s1)C1CC1. The van der Waals surface area contributed by atoms with Crippen molar-refractivity contribution in [3.8, 4) is 6.07 Å². The Morgan fingerprint density at radius 2 is 2.39 bits per heavy atom. The summed E-state index contributed by atoms with van der Waals surface area (Å²) in [6.07, 6.45) is 2.57. The molecule has 96 valence electrons. The van der Waals surface area contributed by atoms with Gasteiger partial charge in [0, 0.05) is 12.5 Å². The zero-order valence-electron chi connectivity index (χ0n) is 10.3. The second-order valence-electron chi connectivity index (χ2n) is 4.09. The first-order valence-corrected chi connectivity index (χ1v) is 7.57. The summed E-state index contributed by atoms with van der Waals surface area (Å²) < 4.78 is 0.744. The molecule has 0 bridgehead atoms. The molecule has 1 atom stereocenters. The lowest BCUT2D eigenvalue weighted by Crippen LogP contribution is -2.32. The maximum atomic E-state index is 11.9. The molecule has 1 fully saturated rings. The minimum absolute atomic E-state index is 0.0959. The molecule has 0 saturated heterocycles. The summed E-state index contributed by atoms with van der Waals surface area (Å²) in [6, 6.07) is 2.44. The molecule has 1 aliphatic carbocycles. The van der Waals surface area contributed by atoms with E-state index in [1.54, 1.807) is 4.90 Å². The van der Waals surface area contributed by atoms with Crippen molar-refractivity contribution in [3.63, 3.8) is 0 Å². The quantitative estimate of drug-likeness (QED) is 0.613. The number of hydrogen-bond donors (Lipinski definition) is 0. The first-order valence-electron chi connectivity index (χ1n) is 5.87. The van der Waals surface area contributed by atoms with E-state index in [-0.39, 0.29) is 11.2 Å². The van der Waals surface area contributed by atoms with E-state index < -0.39 is 0 Å². The second-order valence-corrected chi connectivity index (χ2v) is 6.63. The standard InChI is InChI=1S/C11H14N4OS2/c1-3-9(16)15(8-4-5-8)10-13-14-11(18-10)17-7(2)6-12/h7-8H,3-5H2,1-2H3. The zero-order chi connectivity index (χ0) is 13.1. The maximum Gasteiger partial charge on any atom is 0.228 e. The minimum Gasteiger partial charge on any atom is -0.284 e. The summed E-state index contributed by atoms with van der Waals surface area (Å²) in [5, 5.41) is 17.4. The maximum absolute atomic E-state index is 11.9. The van der Waals surface area contributed by atoms with Gasteiger partial charge < -0.3 is 0 Å². The Balaban J connectivity index is 2.12. The number of anilines is 1. The van der Waals surface area contributed by atoms with Crippen LogP contribution in [0.15, 0.2) is 4.34 Å². The van der Waals surface area contributed by atoms with Gasteiger partial charge in [0.15, 0.2) is 4.34 Å². The van der Waals surface area contributed by atoms with Crippen molar-refractivity contribution in [1.29, 1.82) is 5.26 Å². The van der Waals surface area contributed by atoms with Crippen LogP contribution in [0.2, 0.25) is 0 Å². The molecule has 0 radical (unpaired) electrons. The fraction of sp³-hybridized carbons (Fsp3) is 0.636. The zero-order valence-corrected chi connectivity index (χ0v) is 11.9. The van der Waals surface area contributed by atoms with Gasteiger partial charge in [-0.15, -0.1) is 10.2 Å². The highest BCUT2D eigenvalue weighted by Crippen LogP contribution is 2.36. The average molecular weight is 282 g/mol. The summed E-state index contributed by atoms with van der Waals surface area (Å²) in [4.78, 5) is 13.6. The average Bonchev–Trinajstić information content (AvgIpc) is 3.10. The fourth-order valence-corrected chi connectivity index (χ4v) is 3.46. The second kappa shape index (κ2) is 5.67. The monoisotopic (exact) mass is 282 g/mol. The molecule has 0 aliphatic heterocycles. The largest absolute Gasteiger partial charge is 0.284 e. The first-order chi connectivity index (χ1) is 8.65. The molecular weight excluding hydrogens is 268 g/mol. The van der Waals surface area contributed by atoms with E-state index in [4.69, 9.17) is 5.26 Å². The smallest absolute Gasteiger partial charge is 0.228 e. The molecule has 1 aromatic heterocycles. The summed E-state index contributed by atoms with van der Waals surface area (Å²) >= 11 is 2.77. The molecule has 5 nitrogen and oxygen atoms in total. The Morgan fingerprint density at radius 1 is 1.67 bits per heavy atom. The van der Waals surface area contributed by atoms with Crippen molar-refractivity contribution in [3.05, 3.63) is 0 Å². The van der Waals surface area contributed by atoms with E-state index in [1.807, 2.05) is 13.8 Å². The van der Waals surface area contributed by atoms with E-state index in [0.29, 0.717) is 17.6 Å². The van der Waals surface area contributed by atoms with Crippen LogP contribution in [-0.2, 0) is 4.79 Å². The van der Waals surface area contributed by atoms with Crippen molar-refractivity contribution >= 4 is 34.1 Å². The molecule has 1 saturated carbocycles. The van der Waals surface area contributed by atoms with Gasteiger partial charge in [-0.05, 0) is 19.8 Å². The molecule has 1 amide bonds. The number of carbonyl (C=O) groups excluding carboxylic acids is 1. The van der Waals surface area contributed by atoms with Gasteiger partial charge in [-0.25, -0.2) is 0 Å². The molecule has 1 aliphatic rings. The number of aromatic nitrogens is 2. The van der Waals surface area contributed by atoms with Crippen molar-refractivity contribution in [2.75, 3.05) is 4.90 Å². The van der Waals surface area contributed by atoms with Crippen LogP contribution in [0.4, 0.5) is 5.13 Å². The molecule has 2 rings (SSSR count). The summed E-state index contributed by atoms with van der Waals surface area (Å²) in [5.74, 6) is 0.0959. The van der Waals surface area contributed by atoms with Gasteiger partial charge in [0.05, 0.1) is 11.3 Å². The lowest BCUT2D eigenvalue weighted by atomic mass is 10.4. The van der Waals surface area contributed by atoms with E-state index >= 15 is 0 Å². The van der Waals surface area contributed by atoms with Crippen LogP contribution in [0.25, 0.3) is 0 Å². The molecule has 7 heteroatoms. The number of nitriles is 1. The molecule has 1 heterocycles. The van der Waals surface area contributed by atoms with Gasteiger partial charge in [0.2, 0.25) is 11.0 Å². The number of rotatable bonds is 5. The lowest BCUT2D eigenvalue weighted by molar-refractivity contribution is -0.118. The first kappa shape index (κ1) is 13.3. The normalized spacial score (nSPS) is 16.1. The highest BCUT2D eigenvalue weighted by atomic mass is 32.2. The van der Waals surface area contributed by atoms with Crippen LogP contribution in [-0.4, -0.2) is 27.4 Å². The predicted octanol–water partition coefficient (Wildman–Crippen LogP) is 2.45. The molecule has 0 spiro atoms. The molecule has 0 N–H and O–H groups in total. The lowest BCUT2D eigenvalue weighted by Gasteiger charge is -2.17. The fourth-order valence-electron chi connectivity index (χ4n) is 1.49. The van der Waals surface area contributed by atoms with E-state index in [1.165, 1.54) is 23.1 Å². The third-order valence-corrected chi connectivity index (χ3v) is 4.54. The number of hydrogen-bond acceptors (Lipinski definition) is 6. The van der Waals surface area contributed by atoms with E-state index in [0.717, 1.165) is 17.2 Å². The highest BCUT2D eigenvalue weighted by molar-refractivity contribution is 8.01. The van der Waals surface area contributed by atoms with Gasteiger partial charge in [-0.1, -0.05) is 30.0 Å². The van der Waals surface area contributed by atoms with Crippen LogP contribution >= 0.6 is 23.1 Å². The minimum atomic E-state index is -0.151. The van der Waals surface area contributed by atoms with Crippen LogP contribution in [0.5, 0.6) is 0 Å². The predicted molar refractivity (Wildman–Crippen MR) is 71.6 cm³/mol. The van der Waals surface area contributed by atoms with Crippen LogP contribution in [0, 0.1) is 11.3 Å². The topological polar surface area (TPSA) is 69.9 Å². The van der Waals surface area contributed by atoms with Crippen molar-refractivity contribution in [1.82, 2.24) is 10.2 Å². The Labute approximate surface area is 114 Å². The summed E-state index contributed by atoms with van der Waals surface area (Å²) in [6.45, 7) is 3.67. The summed E-state index contributed by atoms with van der Waals surface area (Å²) in [7, 11) is 0. The number of amides is 1. The van der Waals surface area contributed by atoms with Gasteiger partial charge >= 0.3 is 0 Å². The Hall–Kier alpha value is -1.13. The van der Waals surface area contributed by atoms with Gasteiger partial charge in [0.1, 0.15) is 0 Å². The number of carbonyl (C=O) groups is 1. The van der Waals surface area contributed by atoms with Crippen LogP contribution in [0.3, 0.4) is 0 Å². The van der Waals surface area contributed by atoms with Crippen LogP contribution < -0.4 is 4.90 Å². The highest BCUT2D eigenvalue weighted by Gasteiger charge is 2.35. The molecule has 1 unspecified atom stereocenters. The van der Waals surface area contributed by atoms with E-state index in [2.05, 4.69) is 16.3 Å². The molecule has 1 aromatic rings.